The maximum Gasteiger partial charge on any atom is 0.0558 e. The maximum atomic E-state index is 9.11. The quantitative estimate of drug-likeness (QED) is 0.833. The average molecular weight is 306 g/mol. The maximum absolute atomic E-state index is 9.11. The first-order chi connectivity index (χ1) is 7.71. The van der Waals surface area contributed by atoms with Crippen LogP contribution in [0.25, 0.3) is 0 Å². The van der Waals surface area contributed by atoms with Crippen LogP contribution >= 0.6 is 27.3 Å². The smallest absolute Gasteiger partial charge is 0.0558 e. The minimum atomic E-state index is 0.239. The number of nitrogens with zero attached hydrogens (tertiary/aromatic N) is 1. The molecule has 0 unspecified atom stereocenters. The Morgan fingerprint density at radius 3 is 2.56 bits per heavy atom. The fraction of sp³-hybridized carbons (Fsp3) is 0.667. The summed E-state index contributed by atoms with van der Waals surface area (Å²) in [5, 5.41) is 11.2. The third-order valence-corrected chi connectivity index (χ3v) is 4.51. The Hall–Kier alpha value is 0.1000. The van der Waals surface area contributed by atoms with Gasteiger partial charge in [-0.15, -0.1) is 11.3 Å². The van der Waals surface area contributed by atoms with Crippen LogP contribution in [-0.2, 0) is 6.54 Å². The van der Waals surface area contributed by atoms with Crippen LogP contribution in [0.5, 0.6) is 0 Å². The molecule has 1 aromatic heterocycles. The molecule has 0 fully saturated rings. The Morgan fingerprint density at radius 2 is 2.12 bits per heavy atom. The molecule has 0 atom stereocenters. The topological polar surface area (TPSA) is 23.5 Å². The SMILES string of the molecule is CCC(CC)N(CCO)Cc1cc(Br)cs1. The van der Waals surface area contributed by atoms with Gasteiger partial charge in [-0.1, -0.05) is 13.8 Å². The number of thiophene rings is 1. The molecule has 92 valence electrons. The molecule has 1 aromatic rings. The predicted octanol–water partition coefficient (Wildman–Crippen LogP) is 3.49. The zero-order chi connectivity index (χ0) is 12.0. The highest BCUT2D eigenvalue weighted by Crippen LogP contribution is 2.22. The van der Waals surface area contributed by atoms with Crippen molar-refractivity contribution in [2.75, 3.05) is 13.2 Å². The van der Waals surface area contributed by atoms with Crippen molar-refractivity contribution in [3.05, 3.63) is 20.8 Å². The number of hydrogen-bond donors (Lipinski definition) is 1. The summed E-state index contributed by atoms with van der Waals surface area (Å²) in [6.45, 7) is 6.37. The largest absolute Gasteiger partial charge is 0.395 e. The number of aliphatic hydroxyl groups is 1. The number of rotatable bonds is 7. The van der Waals surface area contributed by atoms with E-state index >= 15 is 0 Å². The molecule has 1 heterocycles. The lowest BCUT2D eigenvalue weighted by atomic mass is 10.1. The van der Waals surface area contributed by atoms with E-state index < -0.39 is 0 Å². The normalized spacial score (nSPS) is 11.6. The van der Waals surface area contributed by atoms with Gasteiger partial charge in [-0.2, -0.15) is 0 Å². The fourth-order valence-corrected chi connectivity index (χ4v) is 3.44. The summed E-state index contributed by atoms with van der Waals surface area (Å²) < 4.78 is 1.15. The van der Waals surface area contributed by atoms with Crippen LogP contribution in [-0.4, -0.2) is 29.2 Å². The first kappa shape index (κ1) is 14.2. The molecule has 0 aliphatic heterocycles. The summed E-state index contributed by atoms with van der Waals surface area (Å²) >= 11 is 5.25. The second-order valence-corrected chi connectivity index (χ2v) is 5.81. The molecule has 0 amide bonds. The fourth-order valence-electron chi connectivity index (χ4n) is 1.96. The summed E-state index contributed by atoms with van der Waals surface area (Å²) in [7, 11) is 0. The van der Waals surface area contributed by atoms with Gasteiger partial charge in [-0.05, 0) is 34.8 Å². The lowest BCUT2D eigenvalue weighted by Gasteiger charge is -2.29. The highest BCUT2D eigenvalue weighted by Gasteiger charge is 2.15. The molecule has 1 N–H and O–H groups in total. The molecule has 0 saturated heterocycles. The zero-order valence-corrected chi connectivity index (χ0v) is 12.4. The molecular weight excluding hydrogens is 286 g/mol. The summed E-state index contributed by atoms with van der Waals surface area (Å²) in [6.07, 6.45) is 2.28. The van der Waals surface area contributed by atoms with Crippen LogP contribution in [0.2, 0.25) is 0 Å². The third kappa shape index (κ3) is 4.17. The van der Waals surface area contributed by atoms with E-state index in [1.54, 1.807) is 11.3 Å². The Morgan fingerprint density at radius 1 is 1.44 bits per heavy atom. The van der Waals surface area contributed by atoms with Gasteiger partial charge in [0.15, 0.2) is 0 Å². The van der Waals surface area contributed by atoms with Crippen LogP contribution in [0, 0.1) is 0 Å². The van der Waals surface area contributed by atoms with Gasteiger partial charge < -0.3 is 5.11 Å². The molecule has 0 aliphatic carbocycles. The molecule has 4 heteroatoms. The van der Waals surface area contributed by atoms with Gasteiger partial charge in [-0.3, -0.25) is 4.90 Å². The van der Waals surface area contributed by atoms with Crippen molar-refractivity contribution in [3.63, 3.8) is 0 Å². The molecule has 0 bridgehead atoms. The number of aliphatic hydroxyl groups excluding tert-OH is 1. The number of halogens is 1. The van der Waals surface area contributed by atoms with Crippen molar-refractivity contribution in [2.24, 2.45) is 0 Å². The average Bonchev–Trinajstić information content (AvgIpc) is 2.66. The Labute approximate surface area is 110 Å². The predicted molar refractivity (Wildman–Crippen MR) is 73.9 cm³/mol. The van der Waals surface area contributed by atoms with Gasteiger partial charge in [0.05, 0.1) is 6.61 Å². The van der Waals surface area contributed by atoms with Gasteiger partial charge >= 0.3 is 0 Å². The minimum absolute atomic E-state index is 0.239. The van der Waals surface area contributed by atoms with E-state index in [4.69, 9.17) is 5.11 Å². The van der Waals surface area contributed by atoms with E-state index in [2.05, 4.69) is 46.1 Å². The lowest BCUT2D eigenvalue weighted by molar-refractivity contribution is 0.137. The van der Waals surface area contributed by atoms with E-state index in [1.165, 1.54) is 4.88 Å². The molecule has 0 aliphatic rings. The van der Waals surface area contributed by atoms with Gasteiger partial charge in [-0.25, -0.2) is 0 Å². The first-order valence-electron chi connectivity index (χ1n) is 5.79. The summed E-state index contributed by atoms with van der Waals surface area (Å²) in [4.78, 5) is 3.73. The second-order valence-electron chi connectivity index (χ2n) is 3.90. The van der Waals surface area contributed by atoms with E-state index in [9.17, 15) is 0 Å². The molecule has 16 heavy (non-hydrogen) atoms. The summed E-state index contributed by atoms with van der Waals surface area (Å²) in [5.41, 5.74) is 0. The molecule has 0 saturated carbocycles. The molecular formula is C12H20BrNOS. The van der Waals surface area contributed by atoms with E-state index in [0.717, 1.165) is 30.4 Å². The lowest BCUT2D eigenvalue weighted by Crippen LogP contribution is -2.35. The highest BCUT2D eigenvalue weighted by molar-refractivity contribution is 9.10. The third-order valence-electron chi connectivity index (χ3n) is 2.83. The molecule has 2 nitrogen and oxygen atoms in total. The van der Waals surface area contributed by atoms with E-state index in [1.807, 2.05) is 0 Å². The van der Waals surface area contributed by atoms with Crippen molar-refractivity contribution < 1.29 is 5.11 Å². The van der Waals surface area contributed by atoms with Crippen LogP contribution < -0.4 is 0 Å². The van der Waals surface area contributed by atoms with Crippen LogP contribution in [0.15, 0.2) is 15.9 Å². The summed E-state index contributed by atoms with van der Waals surface area (Å²) in [6, 6.07) is 2.74. The molecule has 0 aromatic carbocycles. The first-order valence-corrected chi connectivity index (χ1v) is 7.46. The molecule has 0 spiro atoms. The Kier molecular flexibility index (Phi) is 6.58. The molecule has 1 rings (SSSR count). The van der Waals surface area contributed by atoms with E-state index in [-0.39, 0.29) is 6.61 Å². The zero-order valence-electron chi connectivity index (χ0n) is 9.95. The molecule has 0 radical (unpaired) electrons. The van der Waals surface area contributed by atoms with Gasteiger partial charge in [0, 0.05) is 33.9 Å². The van der Waals surface area contributed by atoms with Crippen LogP contribution in [0.4, 0.5) is 0 Å². The van der Waals surface area contributed by atoms with Crippen molar-refractivity contribution in [2.45, 2.75) is 39.3 Å². The van der Waals surface area contributed by atoms with Gasteiger partial charge in [0.2, 0.25) is 0 Å². The number of hydrogen-bond acceptors (Lipinski definition) is 3. The minimum Gasteiger partial charge on any atom is -0.395 e. The van der Waals surface area contributed by atoms with Crippen molar-refractivity contribution in [1.29, 1.82) is 0 Å². The summed E-state index contributed by atoms with van der Waals surface area (Å²) in [5.74, 6) is 0. The van der Waals surface area contributed by atoms with Gasteiger partial charge in [0.1, 0.15) is 0 Å². The monoisotopic (exact) mass is 305 g/mol. The van der Waals surface area contributed by atoms with Crippen molar-refractivity contribution >= 4 is 27.3 Å². The standard InChI is InChI=1S/C12H20BrNOS/c1-3-11(4-2)14(5-6-15)8-12-7-10(13)9-16-12/h7,9,11,15H,3-6,8H2,1-2H3. The van der Waals surface area contributed by atoms with Crippen LogP contribution in [0.3, 0.4) is 0 Å². The second kappa shape index (κ2) is 7.43. The van der Waals surface area contributed by atoms with Crippen molar-refractivity contribution in [3.8, 4) is 0 Å². The highest BCUT2D eigenvalue weighted by atomic mass is 79.9. The van der Waals surface area contributed by atoms with E-state index in [0.29, 0.717) is 6.04 Å². The Balaban J connectivity index is 2.63. The van der Waals surface area contributed by atoms with Gasteiger partial charge in [0.25, 0.3) is 0 Å². The Bertz CT molecular complexity index is 299. The van der Waals surface area contributed by atoms with Crippen LogP contribution in [0.1, 0.15) is 31.6 Å². The van der Waals surface area contributed by atoms with Crippen molar-refractivity contribution in [1.82, 2.24) is 4.90 Å².